The van der Waals surface area contributed by atoms with E-state index in [1.165, 1.54) is 82.7 Å². The summed E-state index contributed by atoms with van der Waals surface area (Å²) in [6.45, 7) is 0. The van der Waals surface area contributed by atoms with E-state index >= 15 is 0 Å². The van der Waals surface area contributed by atoms with Crippen LogP contribution in [0.15, 0.2) is 158 Å². The molecule has 1 aliphatic heterocycles. The molecule has 0 amide bonds. The maximum atomic E-state index is 6.48. The second kappa shape index (κ2) is 8.62. The molecular formula is C45H26O. The van der Waals surface area contributed by atoms with Crippen LogP contribution in [0, 0.1) is 0 Å². The standard InChI is InChI=1S/C45H26O/c1-3-19-36-31(14-1)32-17-5-10-27-12-7-21-38(42(27)32)45(36)37-20-4-2-15-34(37)44-30(16-9-22-39(44)45)29-24-25-40-35(26-29)33-18-6-11-28-13-8-23-41(46-40)43(28)33/h1-26H. The van der Waals surface area contributed by atoms with Gasteiger partial charge >= 0.3 is 0 Å². The normalized spacial score (nSPS) is 16.1. The molecule has 212 valence electrons. The van der Waals surface area contributed by atoms with Crippen molar-refractivity contribution in [3.05, 3.63) is 180 Å². The lowest BCUT2D eigenvalue weighted by molar-refractivity contribution is 0.487. The van der Waals surface area contributed by atoms with Crippen LogP contribution in [0.2, 0.25) is 0 Å². The molecule has 8 aromatic carbocycles. The summed E-state index contributed by atoms with van der Waals surface area (Å²) in [5.74, 6) is 1.83. The smallest absolute Gasteiger partial charge is 0.135 e. The molecule has 0 aromatic heterocycles. The first-order valence-corrected chi connectivity index (χ1v) is 16.0. The van der Waals surface area contributed by atoms with Crippen molar-refractivity contribution >= 4 is 21.5 Å². The maximum absolute atomic E-state index is 6.48. The minimum atomic E-state index is -0.422. The fraction of sp³-hybridized carbons (Fsp3) is 0.0222. The van der Waals surface area contributed by atoms with E-state index in [9.17, 15) is 0 Å². The first-order chi connectivity index (χ1) is 22.8. The fourth-order valence-corrected chi connectivity index (χ4v) is 8.95. The molecule has 3 aliphatic rings. The zero-order valence-electron chi connectivity index (χ0n) is 24.9. The molecule has 1 heterocycles. The van der Waals surface area contributed by atoms with Gasteiger partial charge in [0.15, 0.2) is 0 Å². The lowest BCUT2D eigenvalue weighted by Crippen LogP contribution is -2.31. The van der Waals surface area contributed by atoms with Crippen LogP contribution in [-0.4, -0.2) is 0 Å². The molecule has 0 radical (unpaired) electrons. The van der Waals surface area contributed by atoms with Gasteiger partial charge < -0.3 is 4.74 Å². The molecule has 1 atom stereocenters. The van der Waals surface area contributed by atoms with Crippen LogP contribution in [0.4, 0.5) is 0 Å². The fourth-order valence-electron chi connectivity index (χ4n) is 8.95. The van der Waals surface area contributed by atoms with Gasteiger partial charge in [0.1, 0.15) is 11.5 Å². The van der Waals surface area contributed by atoms with Gasteiger partial charge in [-0.15, -0.1) is 0 Å². The maximum Gasteiger partial charge on any atom is 0.135 e. The summed E-state index contributed by atoms with van der Waals surface area (Å²) in [6, 6.07) is 58.3. The van der Waals surface area contributed by atoms with Crippen molar-refractivity contribution in [1.29, 1.82) is 0 Å². The van der Waals surface area contributed by atoms with Crippen molar-refractivity contribution in [2.24, 2.45) is 0 Å². The van der Waals surface area contributed by atoms with Crippen LogP contribution < -0.4 is 4.74 Å². The van der Waals surface area contributed by atoms with Crippen molar-refractivity contribution in [2.75, 3.05) is 0 Å². The van der Waals surface area contributed by atoms with Crippen LogP contribution in [0.3, 0.4) is 0 Å². The van der Waals surface area contributed by atoms with Crippen LogP contribution in [-0.2, 0) is 5.41 Å². The third-order valence-electron chi connectivity index (χ3n) is 10.7. The van der Waals surface area contributed by atoms with Gasteiger partial charge in [0.25, 0.3) is 0 Å². The number of ether oxygens (including phenoxy) is 1. The zero-order valence-corrected chi connectivity index (χ0v) is 24.9. The van der Waals surface area contributed by atoms with Crippen LogP contribution >= 0.6 is 0 Å². The summed E-state index contributed by atoms with van der Waals surface area (Å²) >= 11 is 0. The quantitative estimate of drug-likeness (QED) is 0.187. The highest BCUT2D eigenvalue weighted by Gasteiger charge is 2.50. The molecule has 1 spiro atoms. The molecule has 1 unspecified atom stereocenters. The van der Waals surface area contributed by atoms with Crippen molar-refractivity contribution < 1.29 is 4.74 Å². The Morgan fingerprint density at radius 1 is 0.348 bits per heavy atom. The van der Waals surface area contributed by atoms with E-state index in [0.717, 1.165) is 17.1 Å². The average molecular weight is 583 g/mol. The van der Waals surface area contributed by atoms with Crippen LogP contribution in [0.1, 0.15) is 22.3 Å². The highest BCUT2D eigenvalue weighted by molar-refractivity contribution is 6.09. The highest BCUT2D eigenvalue weighted by atomic mass is 16.5. The molecule has 0 saturated heterocycles. The summed E-state index contributed by atoms with van der Waals surface area (Å²) < 4.78 is 6.48. The third-order valence-corrected chi connectivity index (χ3v) is 10.7. The predicted molar refractivity (Wildman–Crippen MR) is 189 cm³/mol. The van der Waals surface area contributed by atoms with Crippen LogP contribution in [0.5, 0.6) is 11.5 Å². The van der Waals surface area contributed by atoms with Gasteiger partial charge in [-0.05, 0) is 95.6 Å². The van der Waals surface area contributed by atoms with Crippen molar-refractivity contribution in [3.8, 4) is 56.0 Å². The van der Waals surface area contributed by atoms with Gasteiger partial charge in [-0.2, -0.15) is 0 Å². The summed E-state index contributed by atoms with van der Waals surface area (Å²) in [5, 5.41) is 5.03. The summed E-state index contributed by atoms with van der Waals surface area (Å²) in [5.41, 5.74) is 15.1. The molecule has 1 heteroatoms. The van der Waals surface area contributed by atoms with E-state index in [1.807, 2.05) is 0 Å². The zero-order chi connectivity index (χ0) is 30.0. The van der Waals surface area contributed by atoms with Gasteiger partial charge in [-0.3, -0.25) is 0 Å². The number of hydrogen-bond acceptors (Lipinski definition) is 1. The van der Waals surface area contributed by atoms with Gasteiger partial charge in [0.2, 0.25) is 0 Å². The van der Waals surface area contributed by atoms with E-state index in [1.54, 1.807) is 0 Å². The SMILES string of the molecule is c1ccc2c(c1)-c1c(-c3ccc4c(c3)-c3cccc5cccc(c35)O4)cccc1C21c2ccccc2-c2cccc3cccc1c23. The Balaban J connectivity index is 1.23. The third kappa shape index (κ3) is 2.87. The number of hydrogen-bond donors (Lipinski definition) is 0. The molecule has 11 rings (SSSR count). The average Bonchev–Trinajstić information content (AvgIpc) is 3.42. The monoisotopic (exact) mass is 582 g/mol. The lowest BCUT2D eigenvalue weighted by Gasteiger charge is -2.40. The van der Waals surface area contributed by atoms with E-state index in [4.69, 9.17) is 4.74 Å². The minimum absolute atomic E-state index is 0.422. The molecule has 0 N–H and O–H groups in total. The van der Waals surface area contributed by atoms with Gasteiger partial charge in [0, 0.05) is 10.9 Å². The summed E-state index contributed by atoms with van der Waals surface area (Å²) in [6.07, 6.45) is 0. The van der Waals surface area contributed by atoms with E-state index < -0.39 is 5.41 Å². The number of benzene rings is 8. The van der Waals surface area contributed by atoms with Crippen LogP contribution in [0.25, 0.3) is 66.1 Å². The van der Waals surface area contributed by atoms with Gasteiger partial charge in [-0.25, -0.2) is 0 Å². The highest BCUT2D eigenvalue weighted by Crippen LogP contribution is 2.63. The molecule has 1 nitrogen and oxygen atoms in total. The minimum Gasteiger partial charge on any atom is -0.456 e. The first kappa shape index (κ1) is 24.4. The van der Waals surface area contributed by atoms with Crippen molar-refractivity contribution in [2.45, 2.75) is 5.41 Å². The summed E-state index contributed by atoms with van der Waals surface area (Å²) in [7, 11) is 0. The Hall–Kier alpha value is -5.92. The molecular weight excluding hydrogens is 556 g/mol. The van der Waals surface area contributed by atoms with E-state index in [2.05, 4.69) is 158 Å². The lowest BCUT2D eigenvalue weighted by atomic mass is 9.61. The second-order valence-electron chi connectivity index (χ2n) is 12.8. The largest absolute Gasteiger partial charge is 0.456 e. The first-order valence-electron chi connectivity index (χ1n) is 16.0. The van der Waals surface area contributed by atoms with E-state index in [-0.39, 0.29) is 0 Å². The molecule has 0 fully saturated rings. The topological polar surface area (TPSA) is 9.23 Å². The number of fused-ring (bicyclic) bond motifs is 11. The molecule has 8 aromatic rings. The van der Waals surface area contributed by atoms with Gasteiger partial charge in [-0.1, -0.05) is 140 Å². The molecule has 2 aliphatic carbocycles. The Morgan fingerprint density at radius 3 is 1.74 bits per heavy atom. The number of rotatable bonds is 1. The molecule has 0 bridgehead atoms. The van der Waals surface area contributed by atoms with E-state index in [0.29, 0.717) is 0 Å². The molecule has 46 heavy (non-hydrogen) atoms. The van der Waals surface area contributed by atoms with Crippen molar-refractivity contribution in [3.63, 3.8) is 0 Å². The Bertz CT molecular complexity index is 2610. The Labute approximate surface area is 267 Å². The van der Waals surface area contributed by atoms with Crippen molar-refractivity contribution in [1.82, 2.24) is 0 Å². The van der Waals surface area contributed by atoms with Gasteiger partial charge in [0.05, 0.1) is 5.41 Å². The Kier molecular flexibility index (Phi) is 4.57. The second-order valence-corrected chi connectivity index (χ2v) is 12.8. The summed E-state index contributed by atoms with van der Waals surface area (Å²) in [4.78, 5) is 0. The molecule has 0 saturated carbocycles. The predicted octanol–water partition coefficient (Wildman–Crippen LogP) is 11.8. The Morgan fingerprint density at radius 2 is 0.913 bits per heavy atom.